The van der Waals surface area contributed by atoms with Crippen LogP contribution in [0.25, 0.3) is 6.08 Å². The third-order valence-electron chi connectivity index (χ3n) is 8.19. The molecule has 6 heteroatoms. The minimum absolute atomic E-state index is 0.0624. The predicted molar refractivity (Wildman–Crippen MR) is 154 cm³/mol. The van der Waals surface area contributed by atoms with E-state index in [4.69, 9.17) is 16.4 Å². The molecule has 1 aliphatic rings. The Hall–Kier alpha value is -2.83. The summed E-state index contributed by atoms with van der Waals surface area (Å²) in [6.07, 6.45) is 12.6. The van der Waals surface area contributed by atoms with Crippen molar-refractivity contribution in [3.05, 3.63) is 70.3 Å². The zero-order chi connectivity index (χ0) is 26.9. The molecule has 0 heterocycles. The van der Waals surface area contributed by atoms with E-state index in [1.165, 1.54) is 22.3 Å². The number of rotatable bonds is 12. The van der Waals surface area contributed by atoms with Crippen LogP contribution in [0, 0.1) is 13.8 Å². The summed E-state index contributed by atoms with van der Waals surface area (Å²) in [4.78, 5) is 0. The van der Waals surface area contributed by atoms with Gasteiger partial charge < -0.3 is 21.1 Å². The number of benzene rings is 2. The highest BCUT2D eigenvalue weighted by Crippen LogP contribution is 2.41. The number of nitrogens with two attached hydrogens (primary N) is 2. The van der Waals surface area contributed by atoms with Gasteiger partial charge in [0.05, 0.1) is 12.2 Å². The maximum Gasteiger partial charge on any atom is 0.135 e. The van der Waals surface area contributed by atoms with Crippen molar-refractivity contribution in [2.24, 2.45) is 16.8 Å². The standard InChI is InChI=1S/C31H46N4O2/c1-5-31(6-2,26-13-12-25(23(3)21-26)16-19-30(36)17-8-9-18-30)27-14-15-28(24(4)22-27)37-20-10-7-11-29(34-32)35-33/h12-16,19,21-22,36H,5-11,17-18,20,32-33H2,1-4H3,(H,34,35)/b19-16+. The number of hydrogen-bond acceptors (Lipinski definition) is 5. The maximum atomic E-state index is 10.7. The topological polar surface area (TPSA) is 106 Å². The maximum absolute atomic E-state index is 10.7. The van der Waals surface area contributed by atoms with Gasteiger partial charge in [-0.25, -0.2) is 5.84 Å². The van der Waals surface area contributed by atoms with E-state index in [1.807, 2.05) is 6.08 Å². The monoisotopic (exact) mass is 506 g/mol. The van der Waals surface area contributed by atoms with Crippen molar-refractivity contribution in [2.75, 3.05) is 6.61 Å². The Labute approximate surface area is 223 Å². The van der Waals surface area contributed by atoms with Crippen LogP contribution >= 0.6 is 0 Å². The lowest BCUT2D eigenvalue weighted by Gasteiger charge is -2.34. The lowest BCUT2D eigenvalue weighted by atomic mass is 9.70. The lowest BCUT2D eigenvalue weighted by molar-refractivity contribution is 0.100. The van der Waals surface area contributed by atoms with Gasteiger partial charge in [0, 0.05) is 11.8 Å². The fraction of sp³-hybridized carbons (Fsp3) is 0.516. The van der Waals surface area contributed by atoms with Crippen molar-refractivity contribution in [1.29, 1.82) is 0 Å². The van der Waals surface area contributed by atoms with E-state index in [-0.39, 0.29) is 5.41 Å². The molecule has 1 aliphatic carbocycles. The molecule has 0 bridgehead atoms. The first-order valence-electron chi connectivity index (χ1n) is 13.8. The molecule has 0 radical (unpaired) electrons. The molecule has 2 aromatic rings. The molecule has 0 amide bonds. The fourth-order valence-corrected chi connectivity index (χ4v) is 5.65. The molecule has 0 unspecified atom stereocenters. The average molecular weight is 507 g/mol. The highest BCUT2D eigenvalue weighted by Gasteiger charge is 2.32. The van der Waals surface area contributed by atoms with Crippen molar-refractivity contribution >= 4 is 11.9 Å². The van der Waals surface area contributed by atoms with Gasteiger partial charge in [0.2, 0.25) is 0 Å². The van der Waals surface area contributed by atoms with E-state index < -0.39 is 5.60 Å². The van der Waals surface area contributed by atoms with Crippen LogP contribution in [0.3, 0.4) is 0 Å². The van der Waals surface area contributed by atoms with Crippen LogP contribution in [0.1, 0.15) is 99.5 Å². The van der Waals surface area contributed by atoms with E-state index in [1.54, 1.807) is 0 Å². The zero-order valence-corrected chi connectivity index (χ0v) is 23.1. The Kier molecular flexibility index (Phi) is 10.2. The molecule has 202 valence electrons. The molecule has 1 saturated carbocycles. The van der Waals surface area contributed by atoms with Gasteiger partial charge in [0.25, 0.3) is 0 Å². The van der Waals surface area contributed by atoms with Gasteiger partial charge in [0.15, 0.2) is 0 Å². The van der Waals surface area contributed by atoms with Gasteiger partial charge in [-0.15, -0.1) is 0 Å². The summed E-state index contributed by atoms with van der Waals surface area (Å²) in [6, 6.07) is 13.5. The molecule has 37 heavy (non-hydrogen) atoms. The molecule has 0 spiro atoms. The first-order chi connectivity index (χ1) is 17.8. The largest absolute Gasteiger partial charge is 0.493 e. The first-order valence-corrected chi connectivity index (χ1v) is 13.8. The molecule has 6 nitrogen and oxygen atoms in total. The van der Waals surface area contributed by atoms with E-state index in [0.29, 0.717) is 18.9 Å². The Morgan fingerprint density at radius 3 is 2.27 bits per heavy atom. The minimum atomic E-state index is -0.633. The van der Waals surface area contributed by atoms with Crippen molar-refractivity contribution in [2.45, 2.75) is 96.5 Å². The molecule has 2 aromatic carbocycles. The SMILES string of the molecule is CCC(CC)(c1ccc(/C=C/C2(O)CCCC2)c(C)c1)c1ccc(OCCCC/C(=N/N)NN)c(C)c1. The van der Waals surface area contributed by atoms with Crippen molar-refractivity contribution < 1.29 is 9.84 Å². The second-order valence-corrected chi connectivity index (χ2v) is 10.5. The van der Waals surface area contributed by atoms with Crippen molar-refractivity contribution in [3.8, 4) is 5.75 Å². The predicted octanol–water partition coefficient (Wildman–Crippen LogP) is 6.01. The minimum Gasteiger partial charge on any atom is -0.493 e. The quantitative estimate of drug-likeness (QED) is 0.0927. The normalized spacial score (nSPS) is 15.9. The van der Waals surface area contributed by atoms with Crippen molar-refractivity contribution in [1.82, 2.24) is 5.43 Å². The molecule has 0 atom stereocenters. The van der Waals surface area contributed by atoms with Crippen molar-refractivity contribution in [3.63, 3.8) is 0 Å². The Morgan fingerprint density at radius 1 is 1.05 bits per heavy atom. The highest BCUT2D eigenvalue weighted by molar-refractivity contribution is 5.81. The summed E-state index contributed by atoms with van der Waals surface area (Å²) < 4.78 is 6.09. The van der Waals surface area contributed by atoms with Crippen LogP contribution in [0.4, 0.5) is 0 Å². The van der Waals surface area contributed by atoms with Gasteiger partial charge >= 0.3 is 0 Å². The van der Waals surface area contributed by atoms with Gasteiger partial charge in [-0.05, 0) is 86.3 Å². The van der Waals surface area contributed by atoms with Gasteiger partial charge in [0.1, 0.15) is 11.6 Å². The Balaban J connectivity index is 1.74. The third kappa shape index (κ3) is 6.93. The average Bonchev–Trinajstić information content (AvgIpc) is 3.34. The number of unbranched alkanes of at least 4 members (excludes halogenated alkanes) is 1. The number of hydrogen-bond donors (Lipinski definition) is 4. The van der Waals surface area contributed by atoms with E-state index >= 15 is 0 Å². The first kappa shape index (κ1) is 28.7. The van der Waals surface area contributed by atoms with E-state index in [2.05, 4.69) is 80.7 Å². The fourth-order valence-electron chi connectivity index (χ4n) is 5.65. The molecule has 3 rings (SSSR count). The summed E-state index contributed by atoms with van der Waals surface area (Å²) in [5.74, 6) is 12.2. The number of ether oxygens (including phenoxy) is 1. The van der Waals surface area contributed by atoms with Crippen LogP contribution in [0.15, 0.2) is 47.6 Å². The smallest absolute Gasteiger partial charge is 0.135 e. The van der Waals surface area contributed by atoms with Gasteiger partial charge in [-0.3, -0.25) is 0 Å². The molecule has 1 fully saturated rings. The lowest BCUT2D eigenvalue weighted by Crippen LogP contribution is -2.31. The molecule has 0 aliphatic heterocycles. The van der Waals surface area contributed by atoms with Crippen LogP contribution in [0.5, 0.6) is 5.75 Å². The number of nitrogens with one attached hydrogen (secondary N) is 1. The van der Waals surface area contributed by atoms with Gasteiger partial charge in [-0.2, -0.15) is 5.10 Å². The number of aryl methyl sites for hydroxylation is 2. The molecular weight excluding hydrogens is 460 g/mol. The summed E-state index contributed by atoms with van der Waals surface area (Å²) in [5.41, 5.74) is 8.05. The number of hydrazine groups is 1. The summed E-state index contributed by atoms with van der Waals surface area (Å²) in [5, 5.41) is 14.3. The zero-order valence-electron chi connectivity index (χ0n) is 23.1. The Bertz CT molecular complexity index is 1080. The third-order valence-corrected chi connectivity index (χ3v) is 8.19. The summed E-state index contributed by atoms with van der Waals surface area (Å²) >= 11 is 0. The Morgan fingerprint density at radius 2 is 1.70 bits per heavy atom. The van der Waals surface area contributed by atoms with E-state index in [0.717, 1.165) is 62.7 Å². The number of amidine groups is 1. The molecule has 0 aromatic heterocycles. The second-order valence-electron chi connectivity index (χ2n) is 10.5. The molecule has 6 N–H and O–H groups in total. The molecular formula is C31H46N4O2. The molecule has 0 saturated heterocycles. The second kappa shape index (κ2) is 13.1. The van der Waals surface area contributed by atoms with Gasteiger partial charge in [-0.1, -0.05) is 69.2 Å². The summed E-state index contributed by atoms with van der Waals surface area (Å²) in [6.45, 7) is 9.48. The van der Waals surface area contributed by atoms with Crippen LogP contribution in [0.2, 0.25) is 0 Å². The number of aliphatic hydroxyl groups is 1. The van der Waals surface area contributed by atoms with E-state index in [9.17, 15) is 5.11 Å². The number of hydrazone groups is 1. The van der Waals surface area contributed by atoms with Crippen LogP contribution < -0.4 is 21.8 Å². The highest BCUT2D eigenvalue weighted by atomic mass is 16.5. The van der Waals surface area contributed by atoms with Crippen LogP contribution in [-0.4, -0.2) is 23.2 Å². The van der Waals surface area contributed by atoms with Crippen LogP contribution in [-0.2, 0) is 5.41 Å². The summed E-state index contributed by atoms with van der Waals surface area (Å²) in [7, 11) is 0. The number of nitrogens with zero attached hydrogens (tertiary/aromatic N) is 1.